The molecule has 3 heterocycles. The minimum atomic E-state index is -0.996. The predicted octanol–water partition coefficient (Wildman–Crippen LogP) is 2.96. The number of piperazine rings is 1. The standard InChI is InChI=1S/C33H40N6O5/c1-23-20-28(30(24-8-4-2-5-9-24)39(23)26-10-6-3-7-11-26)32(42)38-19-18-37(33(43)44)22-27(38)21-36-16-13-25(14-17-36)31(41)35-15-12-29(34)40/h2-11,20,25,27H,12-19,21-22H2,1H3,(H2,34,40)(H,35,41)(H,43,44)/t27-/m1/s1. The van der Waals surface area contributed by atoms with E-state index in [1.165, 1.54) is 4.90 Å². The third-order valence-corrected chi connectivity index (χ3v) is 8.59. The number of carbonyl (C=O) groups is 4. The normalized spacial score (nSPS) is 17.8. The smallest absolute Gasteiger partial charge is 0.407 e. The molecule has 5 rings (SSSR count). The summed E-state index contributed by atoms with van der Waals surface area (Å²) < 4.78 is 2.10. The van der Waals surface area contributed by atoms with E-state index in [4.69, 9.17) is 5.73 Å². The molecule has 0 bridgehead atoms. The number of likely N-dealkylation sites (tertiary alicyclic amines) is 1. The number of nitrogens with two attached hydrogens (primary N) is 1. The van der Waals surface area contributed by atoms with Crippen molar-refractivity contribution >= 4 is 23.8 Å². The number of carboxylic acid groups (broad SMARTS) is 1. The van der Waals surface area contributed by atoms with Gasteiger partial charge < -0.3 is 35.4 Å². The fourth-order valence-electron chi connectivity index (χ4n) is 6.33. The fourth-order valence-corrected chi connectivity index (χ4v) is 6.33. The first kappa shape index (κ1) is 30.8. The Morgan fingerprint density at radius 3 is 2.23 bits per heavy atom. The van der Waals surface area contributed by atoms with Crippen LogP contribution in [0.25, 0.3) is 16.9 Å². The monoisotopic (exact) mass is 600 g/mol. The van der Waals surface area contributed by atoms with Crippen molar-refractivity contribution in [2.45, 2.75) is 32.2 Å². The number of para-hydroxylation sites is 1. The highest BCUT2D eigenvalue weighted by molar-refractivity contribution is 6.01. The Labute approximate surface area is 257 Å². The first-order chi connectivity index (χ1) is 21.2. The van der Waals surface area contributed by atoms with Crippen LogP contribution in [-0.4, -0.2) is 100 Å². The third kappa shape index (κ3) is 6.94. The summed E-state index contributed by atoms with van der Waals surface area (Å²) >= 11 is 0. The Morgan fingerprint density at radius 2 is 1.59 bits per heavy atom. The van der Waals surface area contributed by atoms with Crippen molar-refractivity contribution in [1.29, 1.82) is 0 Å². The molecule has 3 aromatic rings. The van der Waals surface area contributed by atoms with E-state index in [0.29, 0.717) is 44.6 Å². The van der Waals surface area contributed by atoms with Crippen molar-refractivity contribution in [2.24, 2.45) is 11.7 Å². The number of piperidine rings is 1. The van der Waals surface area contributed by atoms with E-state index in [9.17, 15) is 24.3 Å². The minimum Gasteiger partial charge on any atom is -0.465 e. The van der Waals surface area contributed by atoms with Gasteiger partial charge in [0.1, 0.15) is 0 Å². The van der Waals surface area contributed by atoms with Crippen LogP contribution in [0.1, 0.15) is 35.3 Å². The van der Waals surface area contributed by atoms with Gasteiger partial charge in [0.05, 0.1) is 17.3 Å². The van der Waals surface area contributed by atoms with Gasteiger partial charge in [0.15, 0.2) is 0 Å². The molecule has 0 aliphatic carbocycles. The van der Waals surface area contributed by atoms with E-state index in [0.717, 1.165) is 22.6 Å². The Balaban J connectivity index is 1.37. The molecule has 232 valence electrons. The van der Waals surface area contributed by atoms with Crippen LogP contribution in [0, 0.1) is 12.8 Å². The van der Waals surface area contributed by atoms with Crippen LogP contribution in [-0.2, 0) is 9.59 Å². The van der Waals surface area contributed by atoms with Crippen molar-refractivity contribution in [2.75, 3.05) is 45.8 Å². The molecule has 1 aromatic heterocycles. The Kier molecular flexibility index (Phi) is 9.64. The third-order valence-electron chi connectivity index (χ3n) is 8.59. The van der Waals surface area contributed by atoms with Crippen LogP contribution < -0.4 is 11.1 Å². The number of aryl methyl sites for hydroxylation is 1. The lowest BCUT2D eigenvalue weighted by Gasteiger charge is -2.43. The largest absolute Gasteiger partial charge is 0.465 e. The highest BCUT2D eigenvalue weighted by atomic mass is 16.4. The summed E-state index contributed by atoms with van der Waals surface area (Å²) in [6.07, 6.45) is 0.395. The number of aromatic nitrogens is 1. The van der Waals surface area contributed by atoms with E-state index in [1.807, 2.05) is 78.6 Å². The molecule has 4 amide bonds. The van der Waals surface area contributed by atoms with Gasteiger partial charge in [0, 0.05) is 56.4 Å². The predicted molar refractivity (Wildman–Crippen MR) is 166 cm³/mol. The minimum absolute atomic E-state index is 0.0795. The number of carbonyl (C=O) groups excluding carboxylic acids is 3. The number of nitrogens with zero attached hydrogens (tertiary/aromatic N) is 4. The molecular weight excluding hydrogens is 560 g/mol. The van der Waals surface area contributed by atoms with Gasteiger partial charge in [-0.3, -0.25) is 14.4 Å². The first-order valence-electron chi connectivity index (χ1n) is 15.1. The van der Waals surface area contributed by atoms with Gasteiger partial charge in [-0.2, -0.15) is 0 Å². The maximum Gasteiger partial charge on any atom is 0.407 e. The van der Waals surface area contributed by atoms with E-state index in [1.54, 1.807) is 0 Å². The summed E-state index contributed by atoms with van der Waals surface area (Å²) in [5, 5.41) is 12.6. The highest BCUT2D eigenvalue weighted by Crippen LogP contribution is 2.33. The lowest BCUT2D eigenvalue weighted by molar-refractivity contribution is -0.126. The van der Waals surface area contributed by atoms with Crippen molar-refractivity contribution in [1.82, 2.24) is 24.6 Å². The number of hydrogen-bond donors (Lipinski definition) is 3. The van der Waals surface area contributed by atoms with Gasteiger partial charge in [-0.15, -0.1) is 0 Å². The van der Waals surface area contributed by atoms with Gasteiger partial charge in [-0.1, -0.05) is 48.5 Å². The van der Waals surface area contributed by atoms with Gasteiger partial charge in [0.25, 0.3) is 5.91 Å². The zero-order chi connectivity index (χ0) is 31.2. The maximum atomic E-state index is 14.5. The molecular formula is C33H40N6O5. The molecule has 2 aromatic carbocycles. The van der Waals surface area contributed by atoms with Crippen LogP contribution in [0.4, 0.5) is 4.79 Å². The Hall–Kier alpha value is -4.64. The Bertz CT molecular complexity index is 1480. The Morgan fingerprint density at radius 1 is 0.932 bits per heavy atom. The molecule has 0 radical (unpaired) electrons. The summed E-state index contributed by atoms with van der Waals surface area (Å²) in [6, 6.07) is 21.4. The zero-order valence-corrected chi connectivity index (χ0v) is 25.0. The molecule has 4 N–H and O–H groups in total. The maximum absolute atomic E-state index is 14.5. The first-order valence-corrected chi connectivity index (χ1v) is 15.1. The summed E-state index contributed by atoms with van der Waals surface area (Å²) in [7, 11) is 0. The number of benzene rings is 2. The van der Waals surface area contributed by atoms with Crippen molar-refractivity contribution in [3.8, 4) is 16.9 Å². The van der Waals surface area contributed by atoms with Gasteiger partial charge in [0.2, 0.25) is 11.8 Å². The van der Waals surface area contributed by atoms with E-state index in [2.05, 4.69) is 14.8 Å². The highest BCUT2D eigenvalue weighted by Gasteiger charge is 2.37. The second kappa shape index (κ2) is 13.8. The lowest BCUT2D eigenvalue weighted by atomic mass is 9.95. The molecule has 2 fully saturated rings. The van der Waals surface area contributed by atoms with Crippen molar-refractivity contribution in [3.05, 3.63) is 78.0 Å². The molecule has 2 aliphatic rings. The number of primary amides is 1. The average molecular weight is 601 g/mol. The van der Waals surface area contributed by atoms with Crippen LogP contribution in [0.15, 0.2) is 66.7 Å². The molecule has 11 nitrogen and oxygen atoms in total. The fraction of sp³-hybridized carbons (Fsp3) is 0.394. The van der Waals surface area contributed by atoms with Gasteiger partial charge in [-0.25, -0.2) is 4.79 Å². The zero-order valence-electron chi connectivity index (χ0n) is 25.0. The van der Waals surface area contributed by atoms with E-state index >= 15 is 0 Å². The van der Waals surface area contributed by atoms with Crippen molar-refractivity contribution < 1.29 is 24.3 Å². The van der Waals surface area contributed by atoms with E-state index in [-0.39, 0.29) is 49.8 Å². The molecule has 0 saturated carbocycles. The topological polar surface area (TPSA) is 141 Å². The number of amides is 4. The summed E-state index contributed by atoms with van der Waals surface area (Å²) in [6.45, 7) is 4.77. The van der Waals surface area contributed by atoms with Gasteiger partial charge in [-0.05, 0) is 56.6 Å². The summed E-state index contributed by atoms with van der Waals surface area (Å²) in [4.78, 5) is 55.4. The SMILES string of the molecule is Cc1cc(C(=O)N2CCN(C(=O)O)C[C@H]2CN2CCC(C(=O)NCCC(N)=O)CC2)c(-c2ccccc2)n1-c1ccccc1. The van der Waals surface area contributed by atoms with Gasteiger partial charge >= 0.3 is 6.09 Å². The molecule has 0 spiro atoms. The molecule has 2 aliphatic heterocycles. The number of rotatable bonds is 9. The van der Waals surface area contributed by atoms with Crippen molar-refractivity contribution in [3.63, 3.8) is 0 Å². The average Bonchev–Trinajstić information content (AvgIpc) is 3.38. The second-order valence-electron chi connectivity index (χ2n) is 11.5. The van der Waals surface area contributed by atoms with Crippen LogP contribution >= 0.6 is 0 Å². The van der Waals surface area contributed by atoms with E-state index < -0.39 is 12.0 Å². The second-order valence-corrected chi connectivity index (χ2v) is 11.5. The number of nitrogens with one attached hydrogen (secondary N) is 1. The quantitative estimate of drug-likeness (QED) is 0.345. The molecule has 1 atom stereocenters. The summed E-state index contributed by atoms with van der Waals surface area (Å²) in [5.41, 5.74) is 9.36. The number of hydrogen-bond acceptors (Lipinski definition) is 5. The van der Waals surface area contributed by atoms with Crippen LogP contribution in [0.3, 0.4) is 0 Å². The summed E-state index contributed by atoms with van der Waals surface area (Å²) in [5.74, 6) is -0.817. The van der Waals surface area contributed by atoms with Crippen LogP contribution in [0.2, 0.25) is 0 Å². The van der Waals surface area contributed by atoms with Crippen LogP contribution in [0.5, 0.6) is 0 Å². The lowest BCUT2D eigenvalue weighted by Crippen LogP contribution is -2.60. The molecule has 11 heteroatoms. The molecule has 0 unspecified atom stereocenters. The molecule has 2 saturated heterocycles. The molecule has 44 heavy (non-hydrogen) atoms.